The number of hydrogen-bond acceptors (Lipinski definition) is 8. The Morgan fingerprint density at radius 3 is 2.58 bits per heavy atom. The summed E-state index contributed by atoms with van der Waals surface area (Å²) in [6.45, 7) is 1.79. The lowest BCUT2D eigenvalue weighted by Gasteiger charge is -2.27. The van der Waals surface area contributed by atoms with Crippen LogP contribution in [0.15, 0.2) is 30.6 Å². The Labute approximate surface area is 147 Å². The van der Waals surface area contributed by atoms with E-state index in [9.17, 15) is 19.3 Å². The molecule has 0 radical (unpaired) electrons. The van der Waals surface area contributed by atoms with Crippen molar-refractivity contribution in [2.45, 2.75) is 0 Å². The van der Waals surface area contributed by atoms with Crippen molar-refractivity contribution in [2.24, 2.45) is 0 Å². The SMILES string of the molecule is O=C(NNc1ncnc(N2CCOCC2)c1[N+](=O)[O-])c1ccc(F)cc1. The zero-order valence-corrected chi connectivity index (χ0v) is 13.5. The number of nitro groups is 1. The van der Waals surface area contributed by atoms with E-state index in [4.69, 9.17) is 4.74 Å². The summed E-state index contributed by atoms with van der Waals surface area (Å²) in [6, 6.07) is 4.86. The number of morpholine rings is 1. The van der Waals surface area contributed by atoms with Gasteiger partial charge in [0.2, 0.25) is 11.6 Å². The van der Waals surface area contributed by atoms with Gasteiger partial charge in [0.15, 0.2) is 0 Å². The van der Waals surface area contributed by atoms with Crippen molar-refractivity contribution in [3.63, 3.8) is 0 Å². The fourth-order valence-electron chi connectivity index (χ4n) is 2.43. The van der Waals surface area contributed by atoms with E-state index in [2.05, 4.69) is 20.8 Å². The van der Waals surface area contributed by atoms with E-state index in [1.165, 1.54) is 18.5 Å². The number of aromatic nitrogens is 2. The van der Waals surface area contributed by atoms with Crippen molar-refractivity contribution in [2.75, 3.05) is 36.6 Å². The van der Waals surface area contributed by atoms with Crippen molar-refractivity contribution in [3.8, 4) is 0 Å². The maximum atomic E-state index is 12.9. The number of carbonyl (C=O) groups excluding carboxylic acids is 1. The van der Waals surface area contributed by atoms with Crippen molar-refractivity contribution >= 4 is 23.2 Å². The lowest BCUT2D eigenvalue weighted by atomic mass is 10.2. The summed E-state index contributed by atoms with van der Waals surface area (Å²) >= 11 is 0. The molecule has 0 unspecified atom stereocenters. The number of amides is 1. The average Bonchev–Trinajstić information content (AvgIpc) is 2.67. The molecule has 1 saturated heterocycles. The van der Waals surface area contributed by atoms with Gasteiger partial charge >= 0.3 is 5.69 Å². The molecule has 1 aliphatic heterocycles. The van der Waals surface area contributed by atoms with Crippen LogP contribution in [0, 0.1) is 15.9 Å². The molecule has 11 heteroatoms. The van der Waals surface area contributed by atoms with E-state index in [-0.39, 0.29) is 22.9 Å². The molecule has 2 aromatic rings. The van der Waals surface area contributed by atoms with Crippen LogP contribution in [0.3, 0.4) is 0 Å². The van der Waals surface area contributed by atoms with Crippen LogP contribution in [0.1, 0.15) is 10.4 Å². The Balaban J connectivity index is 1.79. The Kier molecular flexibility index (Phi) is 5.17. The van der Waals surface area contributed by atoms with E-state index < -0.39 is 16.6 Å². The second-order valence-electron chi connectivity index (χ2n) is 5.34. The first-order chi connectivity index (χ1) is 12.6. The summed E-state index contributed by atoms with van der Waals surface area (Å²) in [7, 11) is 0. The van der Waals surface area contributed by atoms with Gasteiger partial charge in [-0.3, -0.25) is 25.8 Å². The van der Waals surface area contributed by atoms with Crippen molar-refractivity contribution in [3.05, 3.63) is 52.1 Å². The molecule has 1 aromatic carbocycles. The molecule has 3 rings (SSSR count). The monoisotopic (exact) mass is 362 g/mol. The number of ether oxygens (including phenoxy) is 1. The van der Waals surface area contributed by atoms with Crippen LogP contribution in [-0.4, -0.2) is 47.1 Å². The molecule has 26 heavy (non-hydrogen) atoms. The Hall–Kier alpha value is -3.34. The minimum Gasteiger partial charge on any atom is -0.378 e. The van der Waals surface area contributed by atoms with Crippen molar-refractivity contribution in [1.82, 2.24) is 15.4 Å². The minimum atomic E-state index is -0.614. The van der Waals surface area contributed by atoms with E-state index in [0.29, 0.717) is 26.3 Å². The zero-order chi connectivity index (χ0) is 18.5. The van der Waals surface area contributed by atoms with Crippen LogP contribution in [-0.2, 0) is 4.74 Å². The third-order valence-corrected chi connectivity index (χ3v) is 3.70. The largest absolute Gasteiger partial charge is 0.378 e. The van der Waals surface area contributed by atoms with Gasteiger partial charge in [0.1, 0.15) is 12.1 Å². The summed E-state index contributed by atoms with van der Waals surface area (Å²) in [5.41, 5.74) is 4.59. The topological polar surface area (TPSA) is 123 Å². The van der Waals surface area contributed by atoms with Crippen LogP contribution in [0.4, 0.5) is 21.7 Å². The number of benzene rings is 1. The van der Waals surface area contributed by atoms with Gasteiger partial charge in [-0.25, -0.2) is 14.4 Å². The number of carbonyl (C=O) groups is 1. The highest BCUT2D eigenvalue weighted by Crippen LogP contribution is 2.31. The standard InChI is InChI=1S/C15H15FN6O4/c16-11-3-1-10(2-4-11)15(23)20-19-13-12(22(24)25)14(18-9-17-13)21-5-7-26-8-6-21/h1-4,9H,5-8H2,(H,20,23)(H,17,18,19). The summed E-state index contributed by atoms with van der Waals surface area (Å²) in [6.07, 6.45) is 1.17. The average molecular weight is 362 g/mol. The second-order valence-corrected chi connectivity index (χ2v) is 5.34. The highest BCUT2D eigenvalue weighted by molar-refractivity contribution is 5.95. The van der Waals surface area contributed by atoms with E-state index >= 15 is 0 Å². The Morgan fingerprint density at radius 1 is 1.23 bits per heavy atom. The first-order valence-electron chi connectivity index (χ1n) is 7.70. The van der Waals surface area contributed by atoms with Crippen LogP contribution < -0.4 is 15.8 Å². The van der Waals surface area contributed by atoms with Crippen molar-refractivity contribution in [1.29, 1.82) is 0 Å². The maximum absolute atomic E-state index is 12.9. The van der Waals surface area contributed by atoms with E-state index in [0.717, 1.165) is 12.1 Å². The summed E-state index contributed by atoms with van der Waals surface area (Å²) < 4.78 is 18.1. The molecule has 2 heterocycles. The minimum absolute atomic E-state index is 0.145. The normalized spacial score (nSPS) is 14.0. The summed E-state index contributed by atoms with van der Waals surface area (Å²) in [5, 5.41) is 11.5. The van der Waals surface area contributed by atoms with E-state index in [1.807, 2.05) is 0 Å². The smallest absolute Gasteiger partial charge is 0.355 e. The molecule has 10 nitrogen and oxygen atoms in total. The molecular weight excluding hydrogens is 347 g/mol. The third-order valence-electron chi connectivity index (χ3n) is 3.70. The lowest BCUT2D eigenvalue weighted by molar-refractivity contribution is -0.383. The molecule has 1 aliphatic rings. The predicted octanol–water partition coefficient (Wildman–Crippen LogP) is 1.12. The number of hydrogen-bond donors (Lipinski definition) is 2. The molecule has 1 aromatic heterocycles. The fourth-order valence-corrected chi connectivity index (χ4v) is 2.43. The Morgan fingerprint density at radius 2 is 1.92 bits per heavy atom. The van der Waals surface area contributed by atoms with Gasteiger partial charge in [0.25, 0.3) is 5.91 Å². The van der Waals surface area contributed by atoms with Gasteiger partial charge in [-0.15, -0.1) is 0 Å². The molecule has 0 bridgehead atoms. The quantitative estimate of drug-likeness (QED) is 0.599. The molecule has 2 N–H and O–H groups in total. The number of nitrogens with one attached hydrogen (secondary N) is 2. The molecule has 0 atom stereocenters. The van der Waals surface area contributed by atoms with Gasteiger partial charge in [-0.2, -0.15) is 0 Å². The molecule has 136 valence electrons. The van der Waals surface area contributed by atoms with Gasteiger partial charge < -0.3 is 9.64 Å². The summed E-state index contributed by atoms with van der Waals surface area (Å²) in [4.78, 5) is 32.5. The molecule has 0 saturated carbocycles. The van der Waals surface area contributed by atoms with Crippen molar-refractivity contribution < 1.29 is 18.8 Å². The molecule has 0 spiro atoms. The zero-order valence-electron chi connectivity index (χ0n) is 13.5. The van der Waals surface area contributed by atoms with Crippen LogP contribution in [0.5, 0.6) is 0 Å². The molecular formula is C15H15FN6O4. The van der Waals surface area contributed by atoms with Gasteiger partial charge in [-0.05, 0) is 24.3 Å². The number of hydrazine groups is 1. The number of nitrogens with zero attached hydrogens (tertiary/aromatic N) is 4. The second kappa shape index (κ2) is 7.70. The molecule has 1 fully saturated rings. The third kappa shape index (κ3) is 3.83. The van der Waals surface area contributed by atoms with Gasteiger partial charge in [0.05, 0.1) is 18.1 Å². The van der Waals surface area contributed by atoms with Crippen LogP contribution >= 0.6 is 0 Å². The number of halogens is 1. The highest BCUT2D eigenvalue weighted by Gasteiger charge is 2.28. The number of anilines is 2. The van der Waals surface area contributed by atoms with Gasteiger partial charge in [0, 0.05) is 18.7 Å². The molecule has 0 aliphatic carbocycles. The first kappa shape index (κ1) is 17.5. The van der Waals surface area contributed by atoms with Crippen LogP contribution in [0.2, 0.25) is 0 Å². The number of rotatable bonds is 5. The predicted molar refractivity (Wildman–Crippen MR) is 89.2 cm³/mol. The maximum Gasteiger partial charge on any atom is 0.355 e. The fraction of sp³-hybridized carbons (Fsp3) is 0.267. The summed E-state index contributed by atoms with van der Waals surface area (Å²) in [5.74, 6) is -1.07. The lowest BCUT2D eigenvalue weighted by Crippen LogP contribution is -2.37. The highest BCUT2D eigenvalue weighted by atomic mass is 19.1. The van der Waals surface area contributed by atoms with E-state index in [1.54, 1.807) is 4.90 Å². The Bertz CT molecular complexity index is 810. The van der Waals surface area contributed by atoms with Gasteiger partial charge in [-0.1, -0.05) is 0 Å². The first-order valence-corrected chi connectivity index (χ1v) is 7.70. The van der Waals surface area contributed by atoms with Crippen LogP contribution in [0.25, 0.3) is 0 Å². The molecule has 1 amide bonds.